The molecule has 21 heavy (non-hydrogen) atoms. The van der Waals surface area contributed by atoms with Crippen molar-refractivity contribution in [3.63, 3.8) is 0 Å². The number of rotatable bonds is 4. The van der Waals surface area contributed by atoms with Gasteiger partial charge in [-0.15, -0.1) is 0 Å². The summed E-state index contributed by atoms with van der Waals surface area (Å²) >= 11 is -0.217. The number of amides is 1. The third kappa shape index (κ3) is 4.93. The lowest BCUT2D eigenvalue weighted by molar-refractivity contribution is -0.0328. The van der Waals surface area contributed by atoms with E-state index in [-0.39, 0.29) is 34.7 Å². The van der Waals surface area contributed by atoms with Crippen molar-refractivity contribution in [2.24, 2.45) is 0 Å². The minimum atomic E-state index is -4.34. The van der Waals surface area contributed by atoms with Gasteiger partial charge in [0.2, 0.25) is 0 Å². The van der Waals surface area contributed by atoms with Crippen LogP contribution in [0.4, 0.5) is 13.2 Å². The molecule has 1 aliphatic rings. The van der Waals surface area contributed by atoms with E-state index < -0.39 is 11.1 Å². The van der Waals surface area contributed by atoms with Crippen molar-refractivity contribution in [2.45, 2.75) is 41.7 Å². The lowest BCUT2D eigenvalue weighted by atomic mass is 10.0. The van der Waals surface area contributed by atoms with Crippen molar-refractivity contribution in [1.82, 2.24) is 5.32 Å². The molecular formula is C14H16F3NO2S. The van der Waals surface area contributed by atoms with Crippen LogP contribution in [0, 0.1) is 0 Å². The van der Waals surface area contributed by atoms with Crippen LogP contribution in [0.3, 0.4) is 0 Å². The summed E-state index contributed by atoms with van der Waals surface area (Å²) in [4.78, 5) is 11.9. The first-order valence-corrected chi connectivity index (χ1v) is 7.46. The molecule has 1 aromatic rings. The summed E-state index contributed by atoms with van der Waals surface area (Å²) in [5, 5.41) is 12.7. The van der Waals surface area contributed by atoms with E-state index in [0.717, 1.165) is 12.8 Å². The fourth-order valence-corrected chi connectivity index (χ4v) is 2.90. The molecule has 1 amide bonds. The van der Waals surface area contributed by atoms with Gasteiger partial charge in [0.05, 0.1) is 5.60 Å². The number of hydrogen-bond acceptors (Lipinski definition) is 3. The monoisotopic (exact) mass is 319 g/mol. The Morgan fingerprint density at radius 3 is 2.33 bits per heavy atom. The van der Waals surface area contributed by atoms with Gasteiger partial charge in [-0.25, -0.2) is 0 Å². The van der Waals surface area contributed by atoms with E-state index in [0.29, 0.717) is 12.8 Å². The highest BCUT2D eigenvalue weighted by Gasteiger charge is 2.31. The van der Waals surface area contributed by atoms with Crippen LogP contribution in [0.15, 0.2) is 29.2 Å². The number of nitrogens with one attached hydrogen (secondary N) is 1. The van der Waals surface area contributed by atoms with Crippen molar-refractivity contribution in [2.75, 3.05) is 6.54 Å². The maximum Gasteiger partial charge on any atom is 0.446 e. The molecule has 0 radical (unpaired) electrons. The number of aliphatic hydroxyl groups is 1. The highest BCUT2D eigenvalue weighted by atomic mass is 32.2. The van der Waals surface area contributed by atoms with Gasteiger partial charge in [-0.1, -0.05) is 12.8 Å². The van der Waals surface area contributed by atoms with Gasteiger partial charge in [0.1, 0.15) is 0 Å². The maximum absolute atomic E-state index is 12.2. The fraction of sp³-hybridized carbons (Fsp3) is 0.500. The summed E-state index contributed by atoms with van der Waals surface area (Å²) in [5.74, 6) is -0.390. The van der Waals surface area contributed by atoms with Crippen molar-refractivity contribution < 1.29 is 23.1 Å². The molecule has 0 atom stereocenters. The third-order valence-electron chi connectivity index (χ3n) is 3.46. The zero-order valence-electron chi connectivity index (χ0n) is 11.2. The van der Waals surface area contributed by atoms with Crippen LogP contribution in [0.2, 0.25) is 0 Å². The van der Waals surface area contributed by atoms with E-state index >= 15 is 0 Å². The third-order valence-corrected chi connectivity index (χ3v) is 4.20. The number of hydrogen-bond donors (Lipinski definition) is 2. The number of alkyl halides is 3. The topological polar surface area (TPSA) is 49.3 Å². The molecule has 116 valence electrons. The Labute approximate surface area is 124 Å². The molecule has 0 bridgehead atoms. The zero-order chi connectivity index (χ0) is 15.5. The second-order valence-corrected chi connectivity index (χ2v) is 6.32. The predicted molar refractivity (Wildman–Crippen MR) is 74.1 cm³/mol. The van der Waals surface area contributed by atoms with Crippen LogP contribution >= 0.6 is 11.8 Å². The molecule has 0 saturated heterocycles. The quantitative estimate of drug-likeness (QED) is 0.837. The normalized spacial score (nSPS) is 17.7. The number of carbonyl (C=O) groups excluding carboxylic acids is 1. The molecule has 1 saturated carbocycles. The van der Waals surface area contributed by atoms with E-state index in [1.165, 1.54) is 24.3 Å². The Morgan fingerprint density at radius 2 is 1.81 bits per heavy atom. The minimum Gasteiger partial charge on any atom is -0.388 e. The molecule has 0 aromatic heterocycles. The van der Waals surface area contributed by atoms with Crippen molar-refractivity contribution in [3.8, 4) is 0 Å². The van der Waals surface area contributed by atoms with Gasteiger partial charge in [0, 0.05) is 17.0 Å². The Hall–Kier alpha value is -1.21. The summed E-state index contributed by atoms with van der Waals surface area (Å²) in [6.07, 6.45) is 3.20. The van der Waals surface area contributed by atoms with E-state index in [2.05, 4.69) is 5.32 Å². The molecular weight excluding hydrogens is 303 g/mol. The Kier molecular flexibility index (Phi) is 4.83. The van der Waals surface area contributed by atoms with Crippen LogP contribution in [-0.2, 0) is 0 Å². The van der Waals surface area contributed by atoms with Gasteiger partial charge >= 0.3 is 5.51 Å². The molecule has 2 rings (SSSR count). The van der Waals surface area contributed by atoms with Crippen LogP contribution in [0.25, 0.3) is 0 Å². The largest absolute Gasteiger partial charge is 0.446 e. The lowest BCUT2D eigenvalue weighted by Crippen LogP contribution is -2.40. The smallest absolute Gasteiger partial charge is 0.388 e. The molecule has 3 nitrogen and oxygen atoms in total. The molecule has 7 heteroatoms. The molecule has 1 aromatic carbocycles. The summed E-state index contributed by atoms with van der Waals surface area (Å²) in [7, 11) is 0. The first-order chi connectivity index (χ1) is 9.77. The number of thioether (sulfide) groups is 1. The summed E-state index contributed by atoms with van der Waals surface area (Å²) in [6.45, 7) is 0.172. The van der Waals surface area contributed by atoms with E-state index in [9.17, 15) is 23.1 Å². The van der Waals surface area contributed by atoms with Crippen molar-refractivity contribution in [1.29, 1.82) is 0 Å². The second kappa shape index (κ2) is 6.27. The number of halogens is 3. The molecule has 1 aliphatic carbocycles. The minimum absolute atomic E-state index is 0.0356. The van der Waals surface area contributed by atoms with Crippen LogP contribution in [-0.4, -0.2) is 28.7 Å². The first kappa shape index (κ1) is 16.2. The maximum atomic E-state index is 12.2. The molecule has 1 fully saturated rings. The Morgan fingerprint density at radius 1 is 1.24 bits per heavy atom. The van der Waals surface area contributed by atoms with Gasteiger partial charge in [-0.3, -0.25) is 4.79 Å². The first-order valence-electron chi connectivity index (χ1n) is 6.64. The van der Waals surface area contributed by atoms with E-state index in [1.54, 1.807) is 0 Å². The zero-order valence-corrected chi connectivity index (χ0v) is 12.1. The molecule has 0 aliphatic heterocycles. The van der Waals surface area contributed by atoms with Gasteiger partial charge in [-0.05, 0) is 48.9 Å². The van der Waals surface area contributed by atoms with Gasteiger partial charge < -0.3 is 10.4 Å². The summed E-state index contributed by atoms with van der Waals surface area (Å²) in [5.41, 5.74) is -4.90. The van der Waals surface area contributed by atoms with Gasteiger partial charge in [0.25, 0.3) is 5.91 Å². The van der Waals surface area contributed by atoms with Crippen molar-refractivity contribution >= 4 is 17.7 Å². The Bertz CT molecular complexity index is 496. The molecule has 0 unspecified atom stereocenters. The van der Waals surface area contributed by atoms with Crippen LogP contribution < -0.4 is 5.32 Å². The predicted octanol–water partition coefficient (Wildman–Crippen LogP) is 3.33. The molecule has 0 heterocycles. The average molecular weight is 319 g/mol. The second-order valence-electron chi connectivity index (χ2n) is 5.19. The Balaban J connectivity index is 1.90. The molecule has 0 spiro atoms. The van der Waals surface area contributed by atoms with Gasteiger partial charge in [-0.2, -0.15) is 13.2 Å². The SMILES string of the molecule is O=C(NCC1(O)CCCC1)c1ccc(SC(F)(F)F)cc1. The lowest BCUT2D eigenvalue weighted by Gasteiger charge is -2.22. The van der Waals surface area contributed by atoms with Crippen LogP contribution in [0.5, 0.6) is 0 Å². The van der Waals surface area contributed by atoms with E-state index in [4.69, 9.17) is 0 Å². The summed E-state index contributed by atoms with van der Waals surface area (Å²) in [6, 6.07) is 5.22. The van der Waals surface area contributed by atoms with Crippen molar-refractivity contribution in [3.05, 3.63) is 29.8 Å². The fourth-order valence-electron chi connectivity index (χ4n) is 2.36. The number of carbonyl (C=O) groups is 1. The average Bonchev–Trinajstić information content (AvgIpc) is 2.82. The number of benzene rings is 1. The standard InChI is InChI=1S/C14H16F3NO2S/c15-14(16,17)21-11-5-3-10(4-6-11)12(19)18-9-13(20)7-1-2-8-13/h3-6,20H,1-2,7-9H2,(H,18,19). The van der Waals surface area contributed by atoms with Crippen LogP contribution in [0.1, 0.15) is 36.0 Å². The van der Waals surface area contributed by atoms with Gasteiger partial charge in [0.15, 0.2) is 0 Å². The highest BCUT2D eigenvalue weighted by Crippen LogP contribution is 2.36. The molecule has 2 N–H and O–H groups in total. The summed E-state index contributed by atoms with van der Waals surface area (Å²) < 4.78 is 36.6. The van der Waals surface area contributed by atoms with E-state index in [1.807, 2.05) is 0 Å². The highest BCUT2D eigenvalue weighted by molar-refractivity contribution is 8.00.